The summed E-state index contributed by atoms with van der Waals surface area (Å²) in [6.45, 7) is 1.46. The molecule has 1 rings (SSSR count). The van der Waals surface area contributed by atoms with Crippen molar-refractivity contribution in [2.75, 3.05) is 5.73 Å². The Kier molecular flexibility index (Phi) is 5.46. The van der Waals surface area contributed by atoms with Gasteiger partial charge in [-0.25, -0.2) is 0 Å². The average Bonchev–Trinajstić information content (AvgIpc) is 2.47. The second kappa shape index (κ2) is 6.50. The number of alkyl halides is 9. The summed E-state index contributed by atoms with van der Waals surface area (Å²) in [6, 6.07) is -0.173. The van der Waals surface area contributed by atoms with Gasteiger partial charge in [0.05, 0.1) is 5.69 Å². The van der Waals surface area contributed by atoms with E-state index in [2.05, 4.69) is 4.74 Å². The first-order valence-corrected chi connectivity index (χ1v) is 6.26. The molecule has 0 aliphatic heterocycles. The quantitative estimate of drug-likeness (QED) is 0.399. The molecule has 0 aliphatic rings. The van der Waals surface area contributed by atoms with Gasteiger partial charge in [-0.05, 0) is 24.6 Å². The van der Waals surface area contributed by atoms with Gasteiger partial charge < -0.3 is 10.5 Å². The fourth-order valence-electron chi connectivity index (χ4n) is 1.54. The number of hydrogen-bond donors (Lipinski definition) is 1. The van der Waals surface area contributed by atoms with E-state index < -0.39 is 47.2 Å². The molecule has 0 aliphatic carbocycles. The van der Waals surface area contributed by atoms with Gasteiger partial charge in [-0.3, -0.25) is 0 Å². The highest BCUT2D eigenvalue weighted by Crippen LogP contribution is 2.55. The van der Waals surface area contributed by atoms with E-state index in [1.54, 1.807) is 0 Å². The summed E-state index contributed by atoms with van der Waals surface area (Å²) in [5, 5.41) is 0. The number of ether oxygens (including phenoxy) is 1. The van der Waals surface area contributed by atoms with Crippen molar-refractivity contribution in [3.63, 3.8) is 0 Å². The van der Waals surface area contributed by atoms with E-state index in [1.165, 1.54) is 6.92 Å². The lowest BCUT2D eigenvalue weighted by atomic mass is 10.0. The largest absolute Gasteiger partial charge is 0.460 e. The monoisotopic (exact) mass is 403 g/mol. The molecule has 0 fully saturated rings. The Bertz CT molecular complexity index is 709. The molecular formula is C13H8F11NO. The molecule has 2 N–H and O–H groups in total. The molecule has 148 valence electrons. The summed E-state index contributed by atoms with van der Waals surface area (Å²) >= 11 is 0. The van der Waals surface area contributed by atoms with Crippen molar-refractivity contribution in [3.05, 3.63) is 35.6 Å². The van der Waals surface area contributed by atoms with Gasteiger partial charge in [-0.2, -0.15) is 48.3 Å². The van der Waals surface area contributed by atoms with E-state index in [1.807, 2.05) is 0 Å². The van der Waals surface area contributed by atoms with Crippen LogP contribution in [0, 0.1) is 6.92 Å². The van der Waals surface area contributed by atoms with Gasteiger partial charge in [0, 0.05) is 0 Å². The first-order chi connectivity index (χ1) is 11.5. The van der Waals surface area contributed by atoms with Crippen LogP contribution in [0.3, 0.4) is 0 Å². The zero-order valence-corrected chi connectivity index (χ0v) is 12.4. The molecule has 0 bridgehead atoms. The topological polar surface area (TPSA) is 35.2 Å². The fourth-order valence-corrected chi connectivity index (χ4v) is 1.54. The predicted molar refractivity (Wildman–Crippen MR) is 66.4 cm³/mol. The van der Waals surface area contributed by atoms with Crippen LogP contribution < -0.4 is 10.5 Å². The highest BCUT2D eigenvalue weighted by atomic mass is 19.4. The highest BCUT2D eigenvalue weighted by molar-refractivity contribution is 5.54. The van der Waals surface area contributed by atoms with E-state index in [-0.39, 0.29) is 0 Å². The number of hydrogen-bond acceptors (Lipinski definition) is 2. The summed E-state index contributed by atoms with van der Waals surface area (Å²) in [6.07, 6.45) is -7.17. The first kappa shape index (κ1) is 21.8. The lowest BCUT2D eigenvalue weighted by Gasteiger charge is -2.32. The van der Waals surface area contributed by atoms with Crippen LogP contribution in [0.4, 0.5) is 54.0 Å². The van der Waals surface area contributed by atoms with Crippen molar-refractivity contribution in [2.24, 2.45) is 0 Å². The average molecular weight is 403 g/mol. The number of nitrogen functional groups attached to an aromatic ring is 1. The smallest absolute Gasteiger partial charge is 0.427 e. The summed E-state index contributed by atoms with van der Waals surface area (Å²) < 4.78 is 144. The maximum atomic E-state index is 13.4. The molecule has 0 aromatic heterocycles. The Labute approximate surface area is 138 Å². The third-order valence-electron chi connectivity index (χ3n) is 2.96. The van der Waals surface area contributed by atoms with Crippen molar-refractivity contribution >= 4 is 5.69 Å². The van der Waals surface area contributed by atoms with Crippen LogP contribution in [0.5, 0.6) is 5.75 Å². The Morgan fingerprint density at radius 3 is 1.81 bits per heavy atom. The molecule has 0 saturated carbocycles. The van der Waals surface area contributed by atoms with E-state index >= 15 is 0 Å². The number of benzene rings is 1. The van der Waals surface area contributed by atoms with Crippen molar-refractivity contribution in [2.45, 2.75) is 30.9 Å². The number of aryl methyl sites for hydroxylation is 1. The molecule has 1 aromatic carbocycles. The molecule has 1 aromatic rings. The van der Waals surface area contributed by atoms with Crippen LogP contribution in [0.15, 0.2) is 30.0 Å². The van der Waals surface area contributed by atoms with Crippen LogP contribution in [0.25, 0.3) is 0 Å². The molecule has 2 nitrogen and oxygen atoms in total. The molecule has 0 saturated heterocycles. The van der Waals surface area contributed by atoms with Crippen molar-refractivity contribution in [3.8, 4) is 5.75 Å². The van der Waals surface area contributed by atoms with Crippen LogP contribution in [-0.4, -0.2) is 23.9 Å². The van der Waals surface area contributed by atoms with Crippen molar-refractivity contribution < 1.29 is 53.0 Å². The van der Waals surface area contributed by atoms with Gasteiger partial charge in [0.1, 0.15) is 0 Å². The minimum absolute atomic E-state index is 0.432. The standard InChI is InChI=1S/C13H8F11NO/c1-5-2-3-7(6(25)4-5)26-9(15)8(14)10(16,17)11(18,19)12(20,21)13(22,23)24/h2-4H,25H2,1H3. The van der Waals surface area contributed by atoms with E-state index in [4.69, 9.17) is 5.73 Å². The Balaban J connectivity index is 3.34. The summed E-state index contributed by atoms with van der Waals surface area (Å²) in [4.78, 5) is 0. The molecule has 0 heterocycles. The van der Waals surface area contributed by atoms with Gasteiger partial charge in [0.25, 0.3) is 0 Å². The zero-order chi connectivity index (χ0) is 20.7. The molecule has 0 spiro atoms. The van der Waals surface area contributed by atoms with Gasteiger partial charge in [-0.1, -0.05) is 6.07 Å². The number of anilines is 1. The second-order valence-corrected chi connectivity index (χ2v) is 4.95. The van der Waals surface area contributed by atoms with Crippen LogP contribution in [-0.2, 0) is 0 Å². The predicted octanol–water partition coefficient (Wildman–Crippen LogP) is 5.53. The highest BCUT2D eigenvalue weighted by Gasteiger charge is 2.83. The van der Waals surface area contributed by atoms with Crippen molar-refractivity contribution in [1.29, 1.82) is 0 Å². The summed E-state index contributed by atoms with van der Waals surface area (Å²) in [5.74, 6) is -26.5. The summed E-state index contributed by atoms with van der Waals surface area (Å²) in [7, 11) is 0. The molecule has 0 radical (unpaired) electrons. The number of allylic oxidation sites excluding steroid dienone is 1. The van der Waals surface area contributed by atoms with Crippen LogP contribution >= 0.6 is 0 Å². The Morgan fingerprint density at radius 2 is 1.38 bits per heavy atom. The van der Waals surface area contributed by atoms with Crippen LogP contribution in [0.2, 0.25) is 0 Å². The minimum Gasteiger partial charge on any atom is -0.427 e. The molecule has 0 unspecified atom stereocenters. The lowest BCUT2D eigenvalue weighted by molar-refractivity contribution is -0.392. The van der Waals surface area contributed by atoms with Gasteiger partial charge in [0.2, 0.25) is 5.83 Å². The molecule has 0 amide bonds. The normalized spacial score (nSPS) is 14.9. The fraction of sp³-hybridized carbons (Fsp3) is 0.385. The molecular weight excluding hydrogens is 395 g/mol. The number of halogens is 11. The lowest BCUT2D eigenvalue weighted by Crippen LogP contribution is -2.61. The molecule has 26 heavy (non-hydrogen) atoms. The SMILES string of the molecule is Cc1ccc(OC(F)=C(F)C(F)(F)C(F)(F)C(F)(F)C(F)(F)F)c(N)c1. The van der Waals surface area contributed by atoms with Crippen molar-refractivity contribution in [1.82, 2.24) is 0 Å². The molecule has 0 atom stereocenters. The minimum atomic E-state index is -7.37. The second-order valence-electron chi connectivity index (χ2n) is 4.95. The summed E-state index contributed by atoms with van der Waals surface area (Å²) in [5.41, 5.74) is 5.20. The van der Waals surface area contributed by atoms with E-state index in [0.717, 1.165) is 18.2 Å². The molecule has 13 heteroatoms. The Morgan fingerprint density at radius 1 is 0.885 bits per heavy atom. The van der Waals surface area contributed by atoms with Gasteiger partial charge in [0.15, 0.2) is 5.75 Å². The zero-order valence-electron chi connectivity index (χ0n) is 12.4. The maximum Gasteiger partial charge on any atom is 0.460 e. The number of nitrogens with two attached hydrogens (primary N) is 1. The van der Waals surface area contributed by atoms with Gasteiger partial charge >= 0.3 is 30.0 Å². The van der Waals surface area contributed by atoms with E-state index in [0.29, 0.717) is 5.56 Å². The third kappa shape index (κ3) is 3.51. The maximum absolute atomic E-state index is 13.4. The first-order valence-electron chi connectivity index (χ1n) is 6.26. The van der Waals surface area contributed by atoms with Crippen LogP contribution in [0.1, 0.15) is 5.56 Å². The number of rotatable bonds is 5. The van der Waals surface area contributed by atoms with E-state index in [9.17, 15) is 48.3 Å². The third-order valence-corrected chi connectivity index (χ3v) is 2.96. The Hall–Kier alpha value is -2.21. The van der Waals surface area contributed by atoms with Gasteiger partial charge in [-0.15, -0.1) is 0 Å².